The number of hydrogen-bond acceptors (Lipinski definition) is 2. The van der Waals surface area contributed by atoms with E-state index in [0.717, 1.165) is 5.56 Å². The third-order valence-corrected chi connectivity index (χ3v) is 4.48. The van der Waals surface area contributed by atoms with Crippen LogP contribution in [-0.2, 0) is 4.79 Å². The molecule has 0 aliphatic heterocycles. The molecule has 1 aromatic rings. The first-order chi connectivity index (χ1) is 9.18. The smallest absolute Gasteiger partial charge is 0.227 e. The molecule has 4 heteroatoms. The molecule has 0 saturated carbocycles. The molecule has 2 N–H and O–H groups in total. The first-order valence-electron chi connectivity index (χ1n) is 6.94. The number of amides is 1. The third kappa shape index (κ3) is 3.74. The number of carbonyl (C=O) groups is 1. The Bertz CT molecular complexity index is 446. The predicted octanol–water partition coefficient (Wildman–Crippen LogP) is 3.36. The SMILES string of the molecule is CC(C(=O)NC(C)(C(C)C)C(C)O)c1ccc(Cl)cc1. The number of carbonyl (C=O) groups excluding carboxylic acids is 1. The van der Waals surface area contributed by atoms with Crippen LogP contribution in [0, 0.1) is 5.92 Å². The van der Waals surface area contributed by atoms with Crippen LogP contribution in [-0.4, -0.2) is 22.7 Å². The van der Waals surface area contributed by atoms with Crippen LogP contribution < -0.4 is 5.32 Å². The number of rotatable bonds is 5. The van der Waals surface area contributed by atoms with E-state index in [4.69, 9.17) is 11.6 Å². The summed E-state index contributed by atoms with van der Waals surface area (Å²) < 4.78 is 0. The number of benzene rings is 1. The van der Waals surface area contributed by atoms with E-state index < -0.39 is 11.6 Å². The average Bonchev–Trinajstić information content (AvgIpc) is 2.38. The second-order valence-corrected chi connectivity index (χ2v) is 6.31. The molecule has 0 saturated heterocycles. The van der Waals surface area contributed by atoms with Crippen molar-refractivity contribution in [2.24, 2.45) is 5.92 Å². The highest BCUT2D eigenvalue weighted by atomic mass is 35.5. The molecule has 1 rings (SSSR count). The lowest BCUT2D eigenvalue weighted by atomic mass is 9.83. The third-order valence-electron chi connectivity index (χ3n) is 4.22. The second kappa shape index (κ2) is 6.59. The van der Waals surface area contributed by atoms with Crippen molar-refractivity contribution < 1.29 is 9.90 Å². The predicted molar refractivity (Wildman–Crippen MR) is 82.9 cm³/mol. The van der Waals surface area contributed by atoms with Gasteiger partial charge in [-0.25, -0.2) is 0 Å². The summed E-state index contributed by atoms with van der Waals surface area (Å²) in [6.07, 6.45) is -0.621. The van der Waals surface area contributed by atoms with Gasteiger partial charge in [0.1, 0.15) is 0 Å². The summed E-state index contributed by atoms with van der Waals surface area (Å²) in [6.45, 7) is 9.39. The first kappa shape index (κ1) is 17.0. The van der Waals surface area contributed by atoms with Crippen LogP contribution in [0.25, 0.3) is 0 Å². The second-order valence-electron chi connectivity index (χ2n) is 5.88. The lowest BCUT2D eigenvalue weighted by Gasteiger charge is -2.38. The maximum atomic E-state index is 12.4. The van der Waals surface area contributed by atoms with Gasteiger partial charge in [-0.1, -0.05) is 37.6 Å². The lowest BCUT2D eigenvalue weighted by Crippen LogP contribution is -2.57. The van der Waals surface area contributed by atoms with Crippen LogP contribution in [0.4, 0.5) is 0 Å². The average molecular weight is 298 g/mol. The van der Waals surface area contributed by atoms with Crippen molar-refractivity contribution in [2.45, 2.75) is 52.2 Å². The van der Waals surface area contributed by atoms with Crippen LogP contribution in [0.3, 0.4) is 0 Å². The maximum absolute atomic E-state index is 12.4. The maximum Gasteiger partial charge on any atom is 0.227 e. The van der Waals surface area contributed by atoms with Gasteiger partial charge < -0.3 is 10.4 Å². The largest absolute Gasteiger partial charge is 0.391 e. The molecule has 112 valence electrons. The standard InChI is InChI=1S/C16H24ClNO2/c1-10(2)16(5,12(4)19)18-15(20)11(3)13-6-8-14(17)9-7-13/h6-12,19H,1-5H3,(H,18,20). The first-order valence-corrected chi connectivity index (χ1v) is 7.31. The number of hydrogen-bond donors (Lipinski definition) is 2. The normalized spacial score (nSPS) is 17.4. The highest BCUT2D eigenvalue weighted by Crippen LogP contribution is 2.24. The van der Waals surface area contributed by atoms with Crippen molar-refractivity contribution in [1.29, 1.82) is 0 Å². The Morgan fingerprint density at radius 2 is 1.70 bits per heavy atom. The zero-order valence-corrected chi connectivity index (χ0v) is 13.5. The Labute approximate surface area is 126 Å². The van der Waals surface area contributed by atoms with E-state index in [-0.39, 0.29) is 17.7 Å². The Morgan fingerprint density at radius 3 is 2.10 bits per heavy atom. The summed E-state index contributed by atoms with van der Waals surface area (Å²) in [5, 5.41) is 13.6. The van der Waals surface area contributed by atoms with Crippen molar-refractivity contribution in [3.05, 3.63) is 34.9 Å². The Balaban J connectivity index is 2.87. The van der Waals surface area contributed by atoms with Crippen molar-refractivity contribution in [3.63, 3.8) is 0 Å². The Morgan fingerprint density at radius 1 is 1.20 bits per heavy atom. The van der Waals surface area contributed by atoms with Gasteiger partial charge in [0.2, 0.25) is 5.91 Å². The van der Waals surface area contributed by atoms with Gasteiger partial charge in [-0.3, -0.25) is 4.79 Å². The van der Waals surface area contributed by atoms with Gasteiger partial charge in [-0.15, -0.1) is 0 Å². The summed E-state index contributed by atoms with van der Waals surface area (Å²) in [7, 11) is 0. The van der Waals surface area contributed by atoms with E-state index in [2.05, 4.69) is 5.32 Å². The zero-order valence-electron chi connectivity index (χ0n) is 12.8. The minimum absolute atomic E-state index is 0.0931. The Kier molecular flexibility index (Phi) is 5.60. The van der Waals surface area contributed by atoms with Gasteiger partial charge >= 0.3 is 0 Å². The van der Waals surface area contributed by atoms with Crippen LogP contribution >= 0.6 is 11.6 Å². The molecule has 0 heterocycles. The molecule has 3 atom stereocenters. The van der Waals surface area contributed by atoms with E-state index >= 15 is 0 Å². The molecule has 0 aliphatic carbocycles. The molecule has 1 aromatic carbocycles. The van der Waals surface area contributed by atoms with Crippen LogP contribution in [0.1, 0.15) is 46.1 Å². The quantitative estimate of drug-likeness (QED) is 0.875. The van der Waals surface area contributed by atoms with E-state index in [9.17, 15) is 9.90 Å². The molecule has 0 bridgehead atoms. The molecule has 3 unspecified atom stereocenters. The number of nitrogens with one attached hydrogen (secondary N) is 1. The van der Waals surface area contributed by atoms with Crippen molar-refractivity contribution in [1.82, 2.24) is 5.32 Å². The number of aliphatic hydroxyl groups is 1. The van der Waals surface area contributed by atoms with Gasteiger partial charge in [0.25, 0.3) is 0 Å². The molecular formula is C16H24ClNO2. The number of halogens is 1. The fourth-order valence-corrected chi connectivity index (χ4v) is 2.13. The highest BCUT2D eigenvalue weighted by Gasteiger charge is 2.36. The topological polar surface area (TPSA) is 49.3 Å². The summed E-state index contributed by atoms with van der Waals surface area (Å²) in [6, 6.07) is 7.25. The molecule has 0 radical (unpaired) electrons. The minimum Gasteiger partial charge on any atom is -0.391 e. The zero-order chi connectivity index (χ0) is 15.5. The van der Waals surface area contributed by atoms with Gasteiger partial charge in [0, 0.05) is 5.02 Å². The van der Waals surface area contributed by atoms with Crippen LogP contribution in [0.5, 0.6) is 0 Å². The van der Waals surface area contributed by atoms with E-state index in [1.165, 1.54) is 0 Å². The van der Waals surface area contributed by atoms with Crippen molar-refractivity contribution >= 4 is 17.5 Å². The van der Waals surface area contributed by atoms with Crippen molar-refractivity contribution in [3.8, 4) is 0 Å². The van der Waals surface area contributed by atoms with Crippen LogP contribution in [0.15, 0.2) is 24.3 Å². The van der Waals surface area contributed by atoms with Gasteiger partial charge in [0.15, 0.2) is 0 Å². The van der Waals surface area contributed by atoms with Gasteiger partial charge in [0.05, 0.1) is 17.6 Å². The summed E-state index contributed by atoms with van der Waals surface area (Å²) in [5.41, 5.74) is 0.265. The molecule has 0 aromatic heterocycles. The lowest BCUT2D eigenvalue weighted by molar-refractivity contribution is -0.126. The summed E-state index contributed by atoms with van der Waals surface area (Å²) in [5.74, 6) is -0.252. The molecule has 1 amide bonds. The molecule has 3 nitrogen and oxygen atoms in total. The molecular weight excluding hydrogens is 274 g/mol. The summed E-state index contributed by atoms with van der Waals surface area (Å²) >= 11 is 5.85. The molecule has 0 fully saturated rings. The minimum atomic E-state index is -0.641. The fourth-order valence-electron chi connectivity index (χ4n) is 2.01. The summed E-state index contributed by atoms with van der Waals surface area (Å²) in [4.78, 5) is 12.4. The molecule has 0 aliphatic rings. The van der Waals surface area contributed by atoms with E-state index in [1.54, 1.807) is 19.1 Å². The molecule has 20 heavy (non-hydrogen) atoms. The van der Waals surface area contributed by atoms with Gasteiger partial charge in [-0.05, 0) is 44.4 Å². The molecule has 0 spiro atoms. The monoisotopic (exact) mass is 297 g/mol. The van der Waals surface area contributed by atoms with E-state index in [0.29, 0.717) is 5.02 Å². The number of aliphatic hydroxyl groups excluding tert-OH is 1. The van der Waals surface area contributed by atoms with Crippen LogP contribution in [0.2, 0.25) is 5.02 Å². The van der Waals surface area contributed by atoms with E-state index in [1.807, 2.05) is 39.8 Å². The Hall–Kier alpha value is -1.06. The fraction of sp³-hybridized carbons (Fsp3) is 0.562. The highest BCUT2D eigenvalue weighted by molar-refractivity contribution is 6.30. The van der Waals surface area contributed by atoms with Crippen molar-refractivity contribution in [2.75, 3.05) is 0 Å². The van der Waals surface area contributed by atoms with Gasteiger partial charge in [-0.2, -0.15) is 0 Å².